The Morgan fingerprint density at radius 1 is 1.07 bits per heavy atom. The molecule has 0 bridgehead atoms. The monoisotopic (exact) mass is 650 g/mol. The van der Waals surface area contributed by atoms with Crippen LogP contribution in [0, 0.1) is 5.92 Å². The Kier molecular flexibility index (Phi) is 12.1. The third-order valence-electron chi connectivity index (χ3n) is 9.67. The van der Waals surface area contributed by atoms with Gasteiger partial charge >= 0.3 is 5.97 Å². The summed E-state index contributed by atoms with van der Waals surface area (Å²) in [7, 11) is -0.519. The number of methoxy groups -OCH3 is 1. The van der Waals surface area contributed by atoms with E-state index in [1.54, 1.807) is 7.11 Å². The van der Waals surface area contributed by atoms with Crippen molar-refractivity contribution in [3.63, 3.8) is 0 Å². The summed E-state index contributed by atoms with van der Waals surface area (Å²) >= 11 is 0. The van der Waals surface area contributed by atoms with E-state index < -0.39 is 26.3 Å². The van der Waals surface area contributed by atoms with E-state index in [2.05, 4.69) is 59.9 Å². The van der Waals surface area contributed by atoms with Gasteiger partial charge in [0.2, 0.25) is 0 Å². The second-order valence-electron chi connectivity index (χ2n) is 14.4. The maximum Gasteiger partial charge on any atom is 0.308 e. The predicted molar refractivity (Wildman–Crippen MR) is 184 cm³/mol. The van der Waals surface area contributed by atoms with Crippen LogP contribution in [0.1, 0.15) is 78.2 Å². The molecule has 8 heteroatoms. The molecular formula is C38H54O7Si. The van der Waals surface area contributed by atoms with Crippen molar-refractivity contribution < 1.29 is 32.9 Å². The predicted octanol–water partition coefficient (Wildman–Crippen LogP) is 8.71. The Labute approximate surface area is 277 Å². The molecule has 0 spiro atoms. The molecule has 1 unspecified atom stereocenters. The van der Waals surface area contributed by atoms with Gasteiger partial charge in [0, 0.05) is 11.5 Å². The number of hydrogen-bond donors (Lipinski definition) is 0. The fourth-order valence-electron chi connectivity index (χ4n) is 5.64. The summed E-state index contributed by atoms with van der Waals surface area (Å²) < 4.78 is 37.5. The normalized spacial score (nSPS) is 28.2. The lowest BCUT2D eigenvalue weighted by Gasteiger charge is -2.40. The van der Waals surface area contributed by atoms with Crippen molar-refractivity contribution in [2.45, 2.75) is 116 Å². The van der Waals surface area contributed by atoms with Crippen LogP contribution in [0.5, 0.6) is 5.75 Å². The van der Waals surface area contributed by atoms with E-state index in [9.17, 15) is 4.79 Å². The average Bonchev–Trinajstić information content (AvgIpc) is 3.35. The Bertz CT molecular complexity index is 1330. The number of hydrogen-bond acceptors (Lipinski definition) is 7. The van der Waals surface area contributed by atoms with Crippen LogP contribution < -0.4 is 4.74 Å². The highest BCUT2D eigenvalue weighted by Crippen LogP contribution is 2.44. The largest absolute Gasteiger partial charge is 0.497 e. The standard InChI is InChI=1S/C38H54O7Si/c1-27-15-20-33-38(6,44-36(42-33)30-13-11-10-12-14-30)23-21-32(45-46(8,9)37(3,4)5)25-34(39)43-35(27)28(2)22-24-41-26-29-16-18-31(40-7)19-17-29/h10-20,22,27,32-33,35-36H,21,23-26H2,1-9H3/t27-,32?,33-,35-,36-,38+/m0/s1. The average molecular weight is 651 g/mol. The first-order valence-electron chi connectivity index (χ1n) is 16.5. The van der Waals surface area contributed by atoms with Crippen LogP contribution in [0.2, 0.25) is 18.1 Å². The van der Waals surface area contributed by atoms with Crippen molar-refractivity contribution >= 4 is 14.3 Å². The van der Waals surface area contributed by atoms with Gasteiger partial charge in [0.15, 0.2) is 14.6 Å². The van der Waals surface area contributed by atoms with E-state index in [1.165, 1.54) is 0 Å². The number of rotatable bonds is 9. The lowest BCUT2D eigenvalue weighted by Crippen LogP contribution is -2.45. The zero-order chi connectivity index (χ0) is 33.5. The van der Waals surface area contributed by atoms with Crippen LogP contribution in [-0.2, 0) is 34.8 Å². The maximum absolute atomic E-state index is 13.6. The second-order valence-corrected chi connectivity index (χ2v) is 19.2. The zero-order valence-electron chi connectivity index (χ0n) is 29.2. The van der Waals surface area contributed by atoms with E-state index in [1.807, 2.05) is 67.6 Å². The quantitative estimate of drug-likeness (QED) is 0.116. The highest BCUT2D eigenvalue weighted by molar-refractivity contribution is 6.74. The highest BCUT2D eigenvalue weighted by Gasteiger charge is 2.47. The molecule has 7 nitrogen and oxygen atoms in total. The molecule has 0 saturated carbocycles. The molecule has 0 radical (unpaired) electrons. The molecule has 0 amide bonds. The number of cyclic esters (lactones) is 1. The van der Waals surface area contributed by atoms with Crippen molar-refractivity contribution in [2.24, 2.45) is 5.92 Å². The fraction of sp³-hybridized carbons (Fsp3) is 0.553. The van der Waals surface area contributed by atoms with E-state index in [4.69, 9.17) is 28.1 Å². The molecule has 0 aliphatic carbocycles. The van der Waals surface area contributed by atoms with Gasteiger partial charge < -0.3 is 28.1 Å². The van der Waals surface area contributed by atoms with Crippen LogP contribution in [0.15, 0.2) is 78.4 Å². The number of carbonyl (C=O) groups excluding carboxylic acids is 1. The van der Waals surface area contributed by atoms with E-state index in [-0.39, 0.29) is 35.6 Å². The molecule has 252 valence electrons. The Morgan fingerprint density at radius 2 is 1.76 bits per heavy atom. The molecule has 2 aliphatic heterocycles. The third-order valence-corrected chi connectivity index (χ3v) is 14.2. The van der Waals surface area contributed by atoms with Crippen LogP contribution in [0.3, 0.4) is 0 Å². The van der Waals surface area contributed by atoms with Crippen LogP contribution in [0.4, 0.5) is 0 Å². The minimum Gasteiger partial charge on any atom is -0.497 e. The van der Waals surface area contributed by atoms with Crippen LogP contribution in [-0.4, -0.2) is 51.9 Å². The summed E-state index contributed by atoms with van der Waals surface area (Å²) in [5, 5.41) is 0.00331. The van der Waals surface area contributed by atoms with Crippen molar-refractivity contribution in [3.8, 4) is 5.75 Å². The van der Waals surface area contributed by atoms with Crippen molar-refractivity contribution in [1.29, 1.82) is 0 Å². The molecule has 2 aliphatic rings. The minimum absolute atomic E-state index is 0.00331. The van der Waals surface area contributed by atoms with E-state index in [0.717, 1.165) is 22.4 Å². The SMILES string of the molecule is COc1ccc(COCC=C(C)[C@H]2OC(=O)CC(O[Si](C)(C)C(C)(C)C)CC[C@@]3(C)O[C@@H](c4ccccc4)O[C@H]3C=C[C@@H]2C)cc1. The van der Waals surface area contributed by atoms with Gasteiger partial charge in [0.25, 0.3) is 0 Å². The van der Waals surface area contributed by atoms with E-state index in [0.29, 0.717) is 26.1 Å². The molecule has 2 aromatic carbocycles. The van der Waals surface area contributed by atoms with Gasteiger partial charge in [0.05, 0.1) is 38.4 Å². The molecule has 4 rings (SSSR count). The highest BCUT2D eigenvalue weighted by atomic mass is 28.4. The number of fused-ring (bicyclic) bond motifs is 1. The van der Waals surface area contributed by atoms with Crippen LogP contribution in [0.25, 0.3) is 0 Å². The minimum atomic E-state index is -2.17. The molecule has 46 heavy (non-hydrogen) atoms. The second kappa shape index (κ2) is 15.4. The lowest BCUT2D eigenvalue weighted by molar-refractivity contribution is -0.151. The third kappa shape index (κ3) is 9.41. The Balaban J connectivity index is 1.56. The molecule has 6 atom stereocenters. The lowest BCUT2D eigenvalue weighted by atomic mass is 9.89. The molecule has 0 aromatic heterocycles. The first kappa shape index (κ1) is 36.1. The Hall–Kier alpha value is -2.75. The Morgan fingerprint density at radius 3 is 2.41 bits per heavy atom. The summed E-state index contributed by atoms with van der Waals surface area (Å²) in [4.78, 5) is 13.6. The summed E-state index contributed by atoms with van der Waals surface area (Å²) in [5.41, 5.74) is 2.39. The molecule has 2 heterocycles. The van der Waals surface area contributed by atoms with Crippen molar-refractivity contribution in [1.82, 2.24) is 0 Å². The molecule has 1 fully saturated rings. The van der Waals surface area contributed by atoms with Gasteiger partial charge in [0.1, 0.15) is 18.0 Å². The number of benzene rings is 2. The van der Waals surface area contributed by atoms with E-state index >= 15 is 0 Å². The summed E-state index contributed by atoms with van der Waals surface area (Å²) in [5.74, 6) is 0.451. The van der Waals surface area contributed by atoms with Crippen LogP contribution >= 0.6 is 0 Å². The first-order valence-corrected chi connectivity index (χ1v) is 19.4. The molecule has 1 saturated heterocycles. The van der Waals surface area contributed by atoms with Gasteiger partial charge in [-0.2, -0.15) is 0 Å². The van der Waals surface area contributed by atoms with Crippen molar-refractivity contribution in [2.75, 3.05) is 13.7 Å². The fourth-order valence-corrected chi connectivity index (χ4v) is 7.03. The number of esters is 1. The molecular weight excluding hydrogens is 596 g/mol. The zero-order valence-corrected chi connectivity index (χ0v) is 30.2. The number of carbonyl (C=O) groups is 1. The molecule has 2 aromatic rings. The summed E-state index contributed by atoms with van der Waals surface area (Å²) in [6.07, 6.45) is 6.21. The maximum atomic E-state index is 13.6. The topological polar surface area (TPSA) is 72.5 Å². The van der Waals surface area contributed by atoms with Gasteiger partial charge in [-0.3, -0.25) is 4.79 Å². The van der Waals surface area contributed by atoms with Gasteiger partial charge in [-0.1, -0.05) is 88.4 Å². The summed E-state index contributed by atoms with van der Waals surface area (Å²) in [6.45, 7) is 18.2. The molecule has 0 N–H and O–H groups in total. The van der Waals surface area contributed by atoms with Gasteiger partial charge in [-0.25, -0.2) is 0 Å². The number of ether oxygens (including phenoxy) is 5. The van der Waals surface area contributed by atoms with Crippen molar-refractivity contribution in [3.05, 3.63) is 89.5 Å². The smallest absolute Gasteiger partial charge is 0.308 e. The van der Waals surface area contributed by atoms with Gasteiger partial charge in [-0.05, 0) is 68.1 Å². The first-order chi connectivity index (χ1) is 21.7. The summed E-state index contributed by atoms with van der Waals surface area (Å²) in [6, 6.07) is 17.9. The van der Waals surface area contributed by atoms with Gasteiger partial charge in [-0.15, -0.1) is 0 Å².